The van der Waals surface area contributed by atoms with Gasteiger partial charge in [-0.15, -0.1) is 0 Å². The van der Waals surface area contributed by atoms with Gasteiger partial charge in [0.15, 0.2) is 0 Å². The summed E-state index contributed by atoms with van der Waals surface area (Å²) in [5.41, 5.74) is 1.37. The highest BCUT2D eigenvalue weighted by Gasteiger charge is 2.19. The van der Waals surface area contributed by atoms with Crippen molar-refractivity contribution in [2.75, 3.05) is 32.8 Å². The summed E-state index contributed by atoms with van der Waals surface area (Å²) < 4.78 is 11.1. The van der Waals surface area contributed by atoms with E-state index in [-0.39, 0.29) is 6.61 Å². The van der Waals surface area contributed by atoms with Crippen LogP contribution in [0, 0.1) is 0 Å². The molecule has 0 unspecified atom stereocenters. The lowest BCUT2D eigenvalue weighted by Gasteiger charge is -2.33. The number of aliphatic hydroxyl groups is 1. The maximum atomic E-state index is 10.2. The Hall–Kier alpha value is -2.08. The second-order valence-corrected chi connectivity index (χ2v) is 7.31. The maximum Gasteiger partial charge on any atom is 0.119 e. The van der Waals surface area contributed by atoms with Gasteiger partial charge < -0.3 is 19.9 Å². The number of hydrogen-bond donors (Lipinski definition) is 2. The third-order valence-corrected chi connectivity index (χ3v) is 5.06. The molecule has 0 amide bonds. The van der Waals surface area contributed by atoms with Crippen LogP contribution in [-0.2, 0) is 6.54 Å². The Bertz CT molecular complexity index is 670. The molecule has 1 saturated heterocycles. The van der Waals surface area contributed by atoms with Gasteiger partial charge in [0.25, 0.3) is 0 Å². The van der Waals surface area contributed by atoms with Gasteiger partial charge in [0.05, 0.1) is 6.61 Å². The van der Waals surface area contributed by atoms with Crippen molar-refractivity contribution in [2.24, 2.45) is 0 Å². The first-order valence-electron chi connectivity index (χ1n) is 10.3. The highest BCUT2D eigenvalue weighted by atomic mass is 16.5. The Balaban J connectivity index is 1.30. The summed E-state index contributed by atoms with van der Waals surface area (Å²) in [6.07, 6.45) is 1.70. The van der Waals surface area contributed by atoms with Crippen molar-refractivity contribution in [1.29, 1.82) is 0 Å². The van der Waals surface area contributed by atoms with Crippen molar-refractivity contribution < 1.29 is 14.6 Å². The van der Waals surface area contributed by atoms with Gasteiger partial charge >= 0.3 is 0 Å². The summed E-state index contributed by atoms with van der Waals surface area (Å²) in [5.74, 6) is 1.58. The fourth-order valence-corrected chi connectivity index (χ4v) is 3.49. The molecule has 1 atom stereocenters. The number of nitrogens with zero attached hydrogens (tertiary/aromatic N) is 1. The summed E-state index contributed by atoms with van der Waals surface area (Å²) in [7, 11) is 0. The van der Waals surface area contributed by atoms with E-state index in [4.69, 9.17) is 9.47 Å². The largest absolute Gasteiger partial charge is 0.494 e. The molecule has 2 aromatic carbocycles. The van der Waals surface area contributed by atoms with Crippen LogP contribution >= 0.6 is 0 Å². The molecule has 2 N–H and O–H groups in total. The lowest BCUT2D eigenvalue weighted by atomic mass is 10.0. The number of aliphatic hydroxyl groups excluding tert-OH is 1. The Morgan fingerprint density at radius 1 is 1.00 bits per heavy atom. The van der Waals surface area contributed by atoms with Crippen molar-refractivity contribution in [3.63, 3.8) is 0 Å². The molecule has 1 heterocycles. The minimum atomic E-state index is -0.520. The van der Waals surface area contributed by atoms with Gasteiger partial charge in [0, 0.05) is 19.1 Å². The first-order chi connectivity index (χ1) is 13.7. The van der Waals surface area contributed by atoms with Crippen LogP contribution in [-0.4, -0.2) is 55.0 Å². The summed E-state index contributed by atoms with van der Waals surface area (Å²) >= 11 is 0. The van der Waals surface area contributed by atoms with Crippen molar-refractivity contribution in [3.05, 3.63) is 60.2 Å². The Labute approximate surface area is 168 Å². The van der Waals surface area contributed by atoms with E-state index in [1.165, 1.54) is 5.56 Å². The fourth-order valence-electron chi connectivity index (χ4n) is 3.49. The smallest absolute Gasteiger partial charge is 0.119 e. The van der Waals surface area contributed by atoms with Crippen molar-refractivity contribution >= 4 is 0 Å². The second kappa shape index (κ2) is 11.1. The molecule has 0 spiro atoms. The molecule has 5 heteroatoms. The maximum absolute atomic E-state index is 10.2. The SMILES string of the molecule is CCOc1ccc(OC[C@H](O)CNC2CCN(Cc3ccccc3)CC2)cc1. The third-order valence-electron chi connectivity index (χ3n) is 5.06. The lowest BCUT2D eigenvalue weighted by Crippen LogP contribution is -2.45. The van der Waals surface area contributed by atoms with Crippen LogP contribution in [0.2, 0.25) is 0 Å². The Morgan fingerprint density at radius 3 is 2.29 bits per heavy atom. The van der Waals surface area contributed by atoms with Crippen LogP contribution in [0.5, 0.6) is 11.5 Å². The zero-order valence-corrected chi connectivity index (χ0v) is 16.7. The molecule has 0 radical (unpaired) electrons. The first-order valence-corrected chi connectivity index (χ1v) is 10.3. The molecular formula is C23H32N2O3. The van der Waals surface area contributed by atoms with Crippen LogP contribution < -0.4 is 14.8 Å². The minimum absolute atomic E-state index is 0.286. The molecule has 0 saturated carbocycles. The molecule has 0 bridgehead atoms. The van der Waals surface area contributed by atoms with Gasteiger partial charge in [0.1, 0.15) is 24.2 Å². The second-order valence-electron chi connectivity index (χ2n) is 7.31. The molecule has 152 valence electrons. The average molecular weight is 385 g/mol. The normalized spacial score (nSPS) is 16.6. The molecule has 0 aromatic heterocycles. The number of likely N-dealkylation sites (tertiary alicyclic amines) is 1. The number of benzene rings is 2. The topological polar surface area (TPSA) is 54.0 Å². The van der Waals surface area contributed by atoms with E-state index >= 15 is 0 Å². The standard InChI is InChI=1S/C23H32N2O3/c1-2-27-22-8-10-23(11-9-22)28-18-21(26)16-24-20-12-14-25(15-13-20)17-19-6-4-3-5-7-19/h3-11,20-21,24,26H,2,12-18H2,1H3/t21-/m1/s1. The van der Waals surface area contributed by atoms with Crippen LogP contribution in [0.15, 0.2) is 54.6 Å². The van der Waals surface area contributed by atoms with Crippen LogP contribution in [0.25, 0.3) is 0 Å². The van der Waals surface area contributed by atoms with E-state index in [9.17, 15) is 5.11 Å². The quantitative estimate of drug-likeness (QED) is 0.659. The zero-order chi connectivity index (χ0) is 19.6. The van der Waals surface area contributed by atoms with E-state index < -0.39 is 6.10 Å². The predicted octanol–water partition coefficient (Wildman–Crippen LogP) is 3.08. The summed E-state index contributed by atoms with van der Waals surface area (Å²) in [5, 5.41) is 13.7. The van der Waals surface area contributed by atoms with Crippen molar-refractivity contribution in [1.82, 2.24) is 10.2 Å². The van der Waals surface area contributed by atoms with Gasteiger partial charge in [-0.05, 0) is 62.7 Å². The lowest BCUT2D eigenvalue weighted by molar-refractivity contribution is 0.0979. The summed E-state index contributed by atoms with van der Waals surface area (Å²) in [6.45, 7) is 6.65. The third kappa shape index (κ3) is 6.82. The number of rotatable bonds is 10. The monoisotopic (exact) mass is 384 g/mol. The van der Waals surface area contributed by atoms with Crippen LogP contribution in [0.1, 0.15) is 25.3 Å². The van der Waals surface area contributed by atoms with Gasteiger partial charge in [0.2, 0.25) is 0 Å². The predicted molar refractivity (Wildman–Crippen MR) is 112 cm³/mol. The molecule has 1 fully saturated rings. The number of hydrogen-bond acceptors (Lipinski definition) is 5. The Morgan fingerprint density at radius 2 is 1.64 bits per heavy atom. The highest BCUT2D eigenvalue weighted by Crippen LogP contribution is 2.18. The number of piperidine rings is 1. The Kier molecular flexibility index (Phi) is 8.15. The van der Waals surface area contributed by atoms with Gasteiger partial charge in [-0.2, -0.15) is 0 Å². The van der Waals surface area contributed by atoms with Crippen LogP contribution in [0.4, 0.5) is 0 Å². The summed E-state index contributed by atoms with van der Waals surface area (Å²) in [4.78, 5) is 2.50. The molecule has 5 nitrogen and oxygen atoms in total. The number of ether oxygens (including phenoxy) is 2. The van der Waals surface area contributed by atoms with E-state index in [2.05, 4.69) is 40.5 Å². The minimum Gasteiger partial charge on any atom is -0.494 e. The van der Waals surface area contributed by atoms with E-state index in [1.54, 1.807) is 0 Å². The molecule has 28 heavy (non-hydrogen) atoms. The molecule has 3 rings (SSSR count). The number of nitrogens with one attached hydrogen (secondary N) is 1. The fraction of sp³-hybridized carbons (Fsp3) is 0.478. The van der Waals surface area contributed by atoms with Gasteiger partial charge in [-0.25, -0.2) is 0 Å². The van der Waals surface area contributed by atoms with E-state index in [1.807, 2.05) is 31.2 Å². The van der Waals surface area contributed by atoms with E-state index in [0.29, 0.717) is 19.2 Å². The molecule has 2 aromatic rings. The molecular weight excluding hydrogens is 352 g/mol. The van der Waals surface area contributed by atoms with Crippen LogP contribution in [0.3, 0.4) is 0 Å². The first kappa shape index (κ1) is 20.6. The highest BCUT2D eigenvalue weighted by molar-refractivity contribution is 5.31. The average Bonchev–Trinajstić information content (AvgIpc) is 2.74. The zero-order valence-electron chi connectivity index (χ0n) is 16.7. The van der Waals surface area contributed by atoms with Crippen molar-refractivity contribution in [3.8, 4) is 11.5 Å². The molecule has 1 aliphatic rings. The molecule has 0 aliphatic carbocycles. The van der Waals surface area contributed by atoms with Gasteiger partial charge in [-0.1, -0.05) is 30.3 Å². The van der Waals surface area contributed by atoms with E-state index in [0.717, 1.165) is 44.0 Å². The molecule has 1 aliphatic heterocycles. The van der Waals surface area contributed by atoms with Crippen molar-refractivity contribution in [2.45, 2.75) is 38.5 Å². The summed E-state index contributed by atoms with van der Waals surface area (Å²) in [6, 6.07) is 18.6. The van der Waals surface area contributed by atoms with Gasteiger partial charge in [-0.3, -0.25) is 4.90 Å².